The number of rotatable bonds is 1. The first-order valence-electron chi connectivity index (χ1n) is 6.36. The molecule has 3 heterocycles. The number of thiophene rings is 1. The lowest BCUT2D eigenvalue weighted by Crippen LogP contribution is -2.38. The summed E-state index contributed by atoms with van der Waals surface area (Å²) < 4.78 is 13.3. The number of carbonyl (C=O) groups excluding carboxylic acids is 1. The SMILES string of the molecule is CC1c2ccsc2CCN1C(=O)c1cc(F)cnc1N. The molecule has 0 saturated heterocycles. The van der Waals surface area contributed by atoms with Gasteiger partial charge in [0.15, 0.2) is 0 Å². The number of carbonyl (C=O) groups is 1. The molecule has 0 spiro atoms. The van der Waals surface area contributed by atoms with Gasteiger partial charge in [0.2, 0.25) is 0 Å². The summed E-state index contributed by atoms with van der Waals surface area (Å²) >= 11 is 1.71. The minimum absolute atomic E-state index is 0.0276. The van der Waals surface area contributed by atoms with E-state index in [2.05, 4.69) is 4.98 Å². The van der Waals surface area contributed by atoms with E-state index in [4.69, 9.17) is 5.73 Å². The summed E-state index contributed by atoms with van der Waals surface area (Å²) in [4.78, 5) is 19.3. The Morgan fingerprint density at radius 1 is 1.60 bits per heavy atom. The summed E-state index contributed by atoms with van der Waals surface area (Å²) in [5, 5.41) is 2.03. The zero-order chi connectivity index (χ0) is 14.3. The first kappa shape index (κ1) is 13.1. The summed E-state index contributed by atoms with van der Waals surface area (Å²) in [6.07, 6.45) is 1.84. The number of halogens is 1. The van der Waals surface area contributed by atoms with Crippen LogP contribution in [0.4, 0.5) is 10.2 Å². The van der Waals surface area contributed by atoms with Crippen molar-refractivity contribution in [3.63, 3.8) is 0 Å². The maximum atomic E-state index is 13.3. The van der Waals surface area contributed by atoms with Crippen molar-refractivity contribution in [1.29, 1.82) is 0 Å². The monoisotopic (exact) mass is 291 g/mol. The first-order valence-corrected chi connectivity index (χ1v) is 7.24. The average Bonchev–Trinajstić information content (AvgIpc) is 2.90. The third-order valence-corrected chi connectivity index (χ3v) is 4.65. The van der Waals surface area contributed by atoms with Crippen LogP contribution in [0.2, 0.25) is 0 Å². The van der Waals surface area contributed by atoms with Crippen LogP contribution < -0.4 is 5.73 Å². The molecule has 0 radical (unpaired) electrons. The van der Waals surface area contributed by atoms with E-state index < -0.39 is 5.82 Å². The van der Waals surface area contributed by atoms with Gasteiger partial charge in [-0.15, -0.1) is 11.3 Å². The van der Waals surface area contributed by atoms with Crippen LogP contribution in [0, 0.1) is 5.82 Å². The number of amides is 1. The largest absolute Gasteiger partial charge is 0.383 e. The molecule has 4 nitrogen and oxygen atoms in total. The van der Waals surface area contributed by atoms with E-state index in [1.165, 1.54) is 4.88 Å². The van der Waals surface area contributed by atoms with Crippen molar-refractivity contribution in [3.8, 4) is 0 Å². The summed E-state index contributed by atoms with van der Waals surface area (Å²) in [7, 11) is 0. The molecule has 0 aromatic carbocycles. The van der Waals surface area contributed by atoms with Gasteiger partial charge < -0.3 is 10.6 Å². The lowest BCUT2D eigenvalue weighted by atomic mass is 10.0. The highest BCUT2D eigenvalue weighted by Crippen LogP contribution is 2.34. The van der Waals surface area contributed by atoms with Crippen molar-refractivity contribution in [1.82, 2.24) is 9.88 Å². The van der Waals surface area contributed by atoms with Crippen LogP contribution >= 0.6 is 11.3 Å². The summed E-state index contributed by atoms with van der Waals surface area (Å²) in [6.45, 7) is 2.59. The molecule has 0 aliphatic carbocycles. The number of hydrogen-bond acceptors (Lipinski definition) is 4. The molecule has 20 heavy (non-hydrogen) atoms. The molecule has 2 N–H and O–H groups in total. The molecule has 6 heteroatoms. The number of fused-ring (bicyclic) bond motifs is 1. The molecule has 2 aromatic heterocycles. The lowest BCUT2D eigenvalue weighted by molar-refractivity contribution is 0.0679. The van der Waals surface area contributed by atoms with Gasteiger partial charge >= 0.3 is 0 Å². The van der Waals surface area contributed by atoms with E-state index in [0.29, 0.717) is 6.54 Å². The Morgan fingerprint density at radius 3 is 3.20 bits per heavy atom. The zero-order valence-electron chi connectivity index (χ0n) is 11.0. The molecule has 1 atom stereocenters. The molecular formula is C14H14FN3OS. The van der Waals surface area contributed by atoms with Crippen LogP contribution in [-0.4, -0.2) is 22.3 Å². The van der Waals surface area contributed by atoms with Crippen molar-refractivity contribution in [2.24, 2.45) is 0 Å². The van der Waals surface area contributed by atoms with Gasteiger partial charge in [-0.1, -0.05) is 0 Å². The minimum Gasteiger partial charge on any atom is -0.383 e. The topological polar surface area (TPSA) is 59.2 Å². The van der Waals surface area contributed by atoms with E-state index in [9.17, 15) is 9.18 Å². The third kappa shape index (κ3) is 2.06. The predicted molar refractivity (Wildman–Crippen MR) is 76.1 cm³/mol. The van der Waals surface area contributed by atoms with E-state index in [0.717, 1.165) is 24.2 Å². The summed E-state index contributed by atoms with van der Waals surface area (Å²) in [6, 6.07) is 3.16. The minimum atomic E-state index is -0.552. The third-order valence-electron chi connectivity index (χ3n) is 3.65. The second-order valence-electron chi connectivity index (χ2n) is 4.81. The Kier molecular flexibility index (Phi) is 3.17. The van der Waals surface area contributed by atoms with Crippen LogP contribution in [0.15, 0.2) is 23.7 Å². The number of nitrogen functional groups attached to an aromatic ring is 1. The van der Waals surface area contributed by atoms with Crippen molar-refractivity contribution in [2.45, 2.75) is 19.4 Å². The number of anilines is 1. The highest BCUT2D eigenvalue weighted by atomic mass is 32.1. The Bertz CT molecular complexity index is 670. The molecule has 3 rings (SSSR count). The number of nitrogens with two attached hydrogens (primary N) is 1. The van der Waals surface area contributed by atoms with Gasteiger partial charge in [0.1, 0.15) is 11.6 Å². The summed E-state index contributed by atoms with van der Waals surface area (Å²) in [5.74, 6) is -0.748. The Balaban J connectivity index is 1.94. The van der Waals surface area contributed by atoms with Gasteiger partial charge in [-0.05, 0) is 36.4 Å². The van der Waals surface area contributed by atoms with E-state index in [-0.39, 0.29) is 23.3 Å². The van der Waals surface area contributed by atoms with Crippen LogP contribution in [-0.2, 0) is 6.42 Å². The highest BCUT2D eigenvalue weighted by molar-refractivity contribution is 7.10. The lowest BCUT2D eigenvalue weighted by Gasteiger charge is -2.33. The van der Waals surface area contributed by atoms with Gasteiger partial charge in [0.25, 0.3) is 5.91 Å². The van der Waals surface area contributed by atoms with Crippen LogP contribution in [0.25, 0.3) is 0 Å². The molecule has 1 unspecified atom stereocenters. The van der Waals surface area contributed by atoms with Crippen LogP contribution in [0.5, 0.6) is 0 Å². The van der Waals surface area contributed by atoms with Gasteiger partial charge in [-0.3, -0.25) is 4.79 Å². The van der Waals surface area contributed by atoms with E-state index >= 15 is 0 Å². The van der Waals surface area contributed by atoms with E-state index in [1.54, 1.807) is 16.2 Å². The molecule has 104 valence electrons. The number of pyridine rings is 1. The molecule has 0 bridgehead atoms. The van der Waals surface area contributed by atoms with Crippen molar-refractivity contribution < 1.29 is 9.18 Å². The summed E-state index contributed by atoms with van der Waals surface area (Å²) in [5.41, 5.74) is 6.99. The Hall–Kier alpha value is -1.95. The van der Waals surface area contributed by atoms with E-state index in [1.807, 2.05) is 18.4 Å². The van der Waals surface area contributed by atoms with Crippen molar-refractivity contribution in [2.75, 3.05) is 12.3 Å². The molecule has 0 saturated carbocycles. The maximum absolute atomic E-state index is 13.3. The number of aromatic nitrogens is 1. The van der Waals surface area contributed by atoms with Crippen LogP contribution in [0.3, 0.4) is 0 Å². The van der Waals surface area contributed by atoms with Gasteiger partial charge in [0, 0.05) is 11.4 Å². The maximum Gasteiger partial charge on any atom is 0.258 e. The molecule has 1 aliphatic rings. The Morgan fingerprint density at radius 2 is 2.40 bits per heavy atom. The van der Waals surface area contributed by atoms with Crippen LogP contribution in [0.1, 0.15) is 33.8 Å². The highest BCUT2D eigenvalue weighted by Gasteiger charge is 2.30. The second-order valence-corrected chi connectivity index (χ2v) is 5.81. The molecule has 1 aliphatic heterocycles. The molecule has 1 amide bonds. The predicted octanol–water partition coefficient (Wildman–Crippen LogP) is 2.62. The van der Waals surface area contributed by atoms with Crippen molar-refractivity contribution in [3.05, 3.63) is 45.5 Å². The molecule has 2 aromatic rings. The molecule has 0 fully saturated rings. The Labute approximate surface area is 120 Å². The smallest absolute Gasteiger partial charge is 0.258 e. The number of nitrogens with zero attached hydrogens (tertiary/aromatic N) is 2. The normalized spacial score (nSPS) is 17.9. The van der Waals surface area contributed by atoms with Gasteiger partial charge in [-0.25, -0.2) is 9.37 Å². The number of hydrogen-bond donors (Lipinski definition) is 1. The molecular weight excluding hydrogens is 277 g/mol. The fourth-order valence-corrected chi connectivity index (χ4v) is 3.53. The van der Waals surface area contributed by atoms with Crippen molar-refractivity contribution >= 4 is 23.1 Å². The quantitative estimate of drug-likeness (QED) is 0.878. The zero-order valence-corrected chi connectivity index (χ0v) is 11.8. The average molecular weight is 291 g/mol. The van der Waals surface area contributed by atoms with Gasteiger partial charge in [-0.2, -0.15) is 0 Å². The second kappa shape index (κ2) is 4.86. The fraction of sp³-hybridized carbons (Fsp3) is 0.286. The van der Waals surface area contributed by atoms with Gasteiger partial charge in [0.05, 0.1) is 17.8 Å². The fourth-order valence-electron chi connectivity index (χ4n) is 2.56. The first-order chi connectivity index (χ1) is 9.58. The standard InChI is InChI=1S/C14H14FN3OS/c1-8-10-3-5-20-12(10)2-4-18(8)14(19)11-6-9(15)7-17-13(11)16/h3,5-8H,2,4H2,1H3,(H2,16,17).